The van der Waals surface area contributed by atoms with E-state index in [0.717, 1.165) is 0 Å². The molecule has 0 aliphatic heterocycles. The van der Waals surface area contributed by atoms with Crippen LogP contribution in [0.5, 0.6) is 23.0 Å². The fraction of sp³-hybridized carbons (Fsp3) is 0.350. The van der Waals surface area contributed by atoms with Gasteiger partial charge in [0.05, 0.1) is 39.6 Å². The fourth-order valence-electron chi connectivity index (χ4n) is 2.56. The number of amides is 1. The van der Waals surface area contributed by atoms with E-state index in [2.05, 4.69) is 5.32 Å². The molecule has 0 saturated carbocycles. The molecule has 0 saturated heterocycles. The van der Waals surface area contributed by atoms with Crippen LogP contribution >= 0.6 is 12.4 Å². The highest BCUT2D eigenvalue weighted by molar-refractivity contribution is 5.94. The summed E-state index contributed by atoms with van der Waals surface area (Å²) < 4.78 is 21.8. The van der Waals surface area contributed by atoms with E-state index in [1.54, 1.807) is 43.5 Å². The molecule has 0 fully saturated rings. The molecule has 0 atom stereocenters. The molecule has 2 aromatic carbocycles. The number of ether oxygens (including phenoxy) is 4. The first kappa shape index (κ1) is 24.5. The summed E-state index contributed by atoms with van der Waals surface area (Å²) in [7, 11) is 3.09. The van der Waals surface area contributed by atoms with Gasteiger partial charge in [0.1, 0.15) is 11.5 Å². The lowest BCUT2D eigenvalue weighted by atomic mass is 10.1. The molecule has 2 rings (SSSR count). The highest BCUT2D eigenvalue weighted by Crippen LogP contribution is 2.36. The zero-order valence-electron chi connectivity index (χ0n) is 16.5. The lowest BCUT2D eigenvalue weighted by molar-refractivity contribution is 0.0838. The quantitative estimate of drug-likeness (QED) is 0.472. The van der Waals surface area contributed by atoms with Crippen molar-refractivity contribution in [1.82, 2.24) is 5.32 Å². The standard InChI is InChI=1S/C20H26N2O6.ClH/c1-25-16-4-3-5-17(15(16)13-21)28-19-12-14(6-7-18(19)26-2)20(24)22-8-10-27-11-9-23;/h3-7,12,23H,8-11,13,21H2,1-2H3,(H,22,24);1H. The molecule has 2 aromatic rings. The van der Waals surface area contributed by atoms with Gasteiger partial charge in [-0.25, -0.2) is 0 Å². The largest absolute Gasteiger partial charge is 0.496 e. The molecule has 9 heteroatoms. The number of rotatable bonds is 11. The van der Waals surface area contributed by atoms with Crippen LogP contribution in [0.15, 0.2) is 36.4 Å². The minimum Gasteiger partial charge on any atom is -0.496 e. The summed E-state index contributed by atoms with van der Waals surface area (Å²) in [5.41, 5.74) is 6.96. The Morgan fingerprint density at radius 3 is 2.41 bits per heavy atom. The monoisotopic (exact) mass is 426 g/mol. The van der Waals surface area contributed by atoms with Crippen molar-refractivity contribution >= 4 is 18.3 Å². The van der Waals surface area contributed by atoms with Crippen LogP contribution < -0.4 is 25.3 Å². The number of carbonyl (C=O) groups excluding carboxylic acids is 1. The fourth-order valence-corrected chi connectivity index (χ4v) is 2.56. The van der Waals surface area contributed by atoms with Gasteiger partial charge in [0.15, 0.2) is 11.5 Å². The van der Waals surface area contributed by atoms with Crippen LogP contribution in [0.2, 0.25) is 0 Å². The van der Waals surface area contributed by atoms with Gasteiger partial charge in [-0.3, -0.25) is 4.79 Å². The molecule has 0 heterocycles. The Kier molecular flexibility index (Phi) is 10.9. The lowest BCUT2D eigenvalue weighted by Gasteiger charge is -2.16. The minimum absolute atomic E-state index is 0. The van der Waals surface area contributed by atoms with Crippen molar-refractivity contribution in [2.24, 2.45) is 5.73 Å². The van der Waals surface area contributed by atoms with Crippen LogP contribution in [0.4, 0.5) is 0 Å². The van der Waals surface area contributed by atoms with Crippen molar-refractivity contribution < 1.29 is 28.8 Å². The van der Waals surface area contributed by atoms with Gasteiger partial charge >= 0.3 is 0 Å². The number of aliphatic hydroxyl groups is 1. The molecular weight excluding hydrogens is 400 g/mol. The lowest BCUT2D eigenvalue weighted by Crippen LogP contribution is -2.27. The molecule has 0 spiro atoms. The Bertz CT molecular complexity index is 788. The molecular formula is C20H27ClN2O6. The van der Waals surface area contributed by atoms with Gasteiger partial charge < -0.3 is 35.1 Å². The van der Waals surface area contributed by atoms with Gasteiger partial charge in [-0.05, 0) is 30.3 Å². The number of benzene rings is 2. The number of halogens is 1. The summed E-state index contributed by atoms with van der Waals surface area (Å²) in [6, 6.07) is 10.3. The van der Waals surface area contributed by atoms with E-state index in [9.17, 15) is 4.79 Å². The Morgan fingerprint density at radius 1 is 1.03 bits per heavy atom. The zero-order valence-corrected chi connectivity index (χ0v) is 17.3. The van der Waals surface area contributed by atoms with E-state index >= 15 is 0 Å². The number of aliphatic hydroxyl groups excluding tert-OH is 1. The smallest absolute Gasteiger partial charge is 0.251 e. The molecule has 160 valence electrons. The van der Waals surface area contributed by atoms with Gasteiger partial charge in [0.2, 0.25) is 0 Å². The van der Waals surface area contributed by atoms with E-state index in [-0.39, 0.29) is 38.1 Å². The second-order valence-electron chi connectivity index (χ2n) is 5.70. The number of nitrogens with two attached hydrogens (primary N) is 1. The predicted molar refractivity (Wildman–Crippen MR) is 111 cm³/mol. The highest BCUT2D eigenvalue weighted by Gasteiger charge is 2.15. The first-order chi connectivity index (χ1) is 13.6. The maximum absolute atomic E-state index is 12.4. The molecule has 0 aromatic heterocycles. The molecule has 1 amide bonds. The van der Waals surface area contributed by atoms with Crippen molar-refractivity contribution in [3.63, 3.8) is 0 Å². The minimum atomic E-state index is -0.273. The van der Waals surface area contributed by atoms with E-state index in [1.165, 1.54) is 7.11 Å². The van der Waals surface area contributed by atoms with E-state index in [1.807, 2.05) is 0 Å². The van der Waals surface area contributed by atoms with Crippen LogP contribution in [0.3, 0.4) is 0 Å². The number of hydrogen-bond acceptors (Lipinski definition) is 7. The maximum Gasteiger partial charge on any atom is 0.251 e. The number of hydrogen-bond donors (Lipinski definition) is 3. The summed E-state index contributed by atoms with van der Waals surface area (Å²) >= 11 is 0. The van der Waals surface area contributed by atoms with Gasteiger partial charge in [-0.1, -0.05) is 6.07 Å². The molecule has 0 aliphatic rings. The van der Waals surface area contributed by atoms with Crippen LogP contribution in [-0.2, 0) is 11.3 Å². The topological polar surface area (TPSA) is 112 Å². The predicted octanol–water partition coefficient (Wildman–Crippen LogP) is 2.12. The molecule has 0 bridgehead atoms. The summed E-state index contributed by atoms with van der Waals surface area (Å²) in [4.78, 5) is 12.4. The molecule has 4 N–H and O–H groups in total. The summed E-state index contributed by atoms with van der Waals surface area (Å²) in [6.45, 7) is 1.06. The third-order valence-electron chi connectivity index (χ3n) is 3.93. The number of nitrogens with one attached hydrogen (secondary N) is 1. The second kappa shape index (κ2) is 12.8. The zero-order chi connectivity index (χ0) is 20.4. The first-order valence-electron chi connectivity index (χ1n) is 8.83. The highest BCUT2D eigenvalue weighted by atomic mass is 35.5. The van der Waals surface area contributed by atoms with E-state index in [0.29, 0.717) is 47.3 Å². The molecule has 0 unspecified atom stereocenters. The number of methoxy groups -OCH3 is 2. The van der Waals surface area contributed by atoms with Crippen molar-refractivity contribution in [3.8, 4) is 23.0 Å². The maximum atomic E-state index is 12.4. The summed E-state index contributed by atoms with van der Waals surface area (Å²) in [5.74, 6) is 1.74. The average Bonchev–Trinajstić information content (AvgIpc) is 2.73. The molecule has 0 radical (unpaired) electrons. The van der Waals surface area contributed by atoms with Crippen LogP contribution in [-0.4, -0.2) is 51.6 Å². The van der Waals surface area contributed by atoms with Crippen molar-refractivity contribution in [1.29, 1.82) is 0 Å². The van der Waals surface area contributed by atoms with E-state index in [4.69, 9.17) is 29.8 Å². The van der Waals surface area contributed by atoms with Crippen LogP contribution in [0, 0.1) is 0 Å². The molecule has 0 aliphatic carbocycles. The summed E-state index contributed by atoms with van der Waals surface area (Å²) in [6.07, 6.45) is 0. The van der Waals surface area contributed by atoms with Crippen molar-refractivity contribution in [2.75, 3.05) is 40.6 Å². The normalized spacial score (nSPS) is 10.1. The van der Waals surface area contributed by atoms with Gasteiger partial charge in [0.25, 0.3) is 5.91 Å². The first-order valence-corrected chi connectivity index (χ1v) is 8.83. The molecule has 29 heavy (non-hydrogen) atoms. The molecule has 8 nitrogen and oxygen atoms in total. The Labute approximate surface area is 176 Å². The second-order valence-corrected chi connectivity index (χ2v) is 5.70. The van der Waals surface area contributed by atoms with Crippen molar-refractivity contribution in [3.05, 3.63) is 47.5 Å². The third-order valence-corrected chi connectivity index (χ3v) is 3.93. The SMILES string of the molecule is COc1ccc(C(=O)NCCOCCO)cc1Oc1cccc(OC)c1CN.Cl. The summed E-state index contributed by atoms with van der Waals surface area (Å²) in [5, 5.41) is 11.4. The van der Waals surface area contributed by atoms with E-state index < -0.39 is 0 Å². The van der Waals surface area contributed by atoms with Gasteiger partial charge in [-0.2, -0.15) is 0 Å². The van der Waals surface area contributed by atoms with Crippen molar-refractivity contribution in [2.45, 2.75) is 6.54 Å². The third kappa shape index (κ3) is 6.79. The van der Waals surface area contributed by atoms with Crippen LogP contribution in [0.1, 0.15) is 15.9 Å². The average molecular weight is 427 g/mol. The van der Waals surface area contributed by atoms with Gasteiger partial charge in [0, 0.05) is 18.7 Å². The Hall–Kier alpha value is -2.52. The Morgan fingerprint density at radius 2 is 1.76 bits per heavy atom. The van der Waals surface area contributed by atoms with Gasteiger partial charge in [-0.15, -0.1) is 12.4 Å². The van der Waals surface area contributed by atoms with Crippen LogP contribution in [0.25, 0.3) is 0 Å². The number of carbonyl (C=O) groups is 1. The Balaban J connectivity index is 0.00000420.